The van der Waals surface area contributed by atoms with Crippen LogP contribution in [0, 0.1) is 6.92 Å². The van der Waals surface area contributed by atoms with E-state index in [9.17, 15) is 0 Å². The zero-order valence-corrected chi connectivity index (χ0v) is 9.32. The summed E-state index contributed by atoms with van der Waals surface area (Å²) in [4.78, 5) is 6.88. The molecule has 0 bridgehead atoms. The van der Waals surface area contributed by atoms with Crippen LogP contribution in [0.2, 0.25) is 0 Å². The summed E-state index contributed by atoms with van der Waals surface area (Å²) < 4.78 is 0. The van der Waals surface area contributed by atoms with E-state index in [2.05, 4.69) is 22.9 Å². The van der Waals surface area contributed by atoms with Crippen molar-refractivity contribution in [3.8, 4) is 0 Å². The van der Waals surface area contributed by atoms with Crippen molar-refractivity contribution in [3.05, 3.63) is 29.6 Å². The van der Waals surface area contributed by atoms with E-state index in [1.54, 1.807) is 0 Å². The summed E-state index contributed by atoms with van der Waals surface area (Å²) in [6, 6.07) is 4.67. The first-order chi connectivity index (χ1) is 7.31. The Morgan fingerprint density at radius 3 is 3.20 bits per heavy atom. The molecule has 15 heavy (non-hydrogen) atoms. The zero-order chi connectivity index (χ0) is 10.7. The molecule has 1 saturated heterocycles. The topological polar surface area (TPSA) is 42.2 Å². The highest BCUT2D eigenvalue weighted by Gasteiger charge is 2.23. The fourth-order valence-electron chi connectivity index (χ4n) is 2.25. The Labute approximate surface area is 91.3 Å². The van der Waals surface area contributed by atoms with Gasteiger partial charge in [0.15, 0.2) is 0 Å². The van der Waals surface area contributed by atoms with Gasteiger partial charge in [0, 0.05) is 25.3 Å². The molecule has 0 radical (unpaired) electrons. The third kappa shape index (κ3) is 2.36. The predicted molar refractivity (Wildman–Crippen MR) is 61.5 cm³/mol. The van der Waals surface area contributed by atoms with Gasteiger partial charge in [0.2, 0.25) is 0 Å². The SMILES string of the molecule is Cc1cccnc1CN1CCCC1CN. The van der Waals surface area contributed by atoms with Gasteiger partial charge in [-0.1, -0.05) is 6.07 Å². The number of pyridine rings is 1. The third-order valence-electron chi connectivity index (χ3n) is 3.24. The lowest BCUT2D eigenvalue weighted by molar-refractivity contribution is 0.247. The number of hydrogen-bond donors (Lipinski definition) is 1. The van der Waals surface area contributed by atoms with Crippen molar-refractivity contribution in [3.63, 3.8) is 0 Å². The lowest BCUT2D eigenvalue weighted by Gasteiger charge is -2.23. The Morgan fingerprint density at radius 2 is 2.47 bits per heavy atom. The first-order valence-corrected chi connectivity index (χ1v) is 5.66. The molecular formula is C12H19N3. The highest BCUT2D eigenvalue weighted by molar-refractivity contribution is 5.17. The maximum absolute atomic E-state index is 5.75. The van der Waals surface area contributed by atoms with E-state index >= 15 is 0 Å². The lowest BCUT2D eigenvalue weighted by atomic mass is 10.2. The molecule has 3 heteroatoms. The summed E-state index contributed by atoms with van der Waals surface area (Å²) in [5, 5.41) is 0. The molecule has 0 aromatic carbocycles. The first kappa shape index (κ1) is 10.6. The number of aryl methyl sites for hydroxylation is 1. The highest BCUT2D eigenvalue weighted by Crippen LogP contribution is 2.19. The number of likely N-dealkylation sites (tertiary alicyclic amines) is 1. The lowest BCUT2D eigenvalue weighted by Crippen LogP contribution is -2.35. The predicted octanol–water partition coefficient (Wildman–Crippen LogP) is 1.31. The molecule has 3 nitrogen and oxygen atoms in total. The molecule has 0 aliphatic carbocycles. The standard InChI is InChI=1S/C12H19N3/c1-10-4-2-6-14-12(10)9-15-7-3-5-11(15)8-13/h2,4,6,11H,3,5,7-9,13H2,1H3. The van der Waals surface area contributed by atoms with Gasteiger partial charge in [0.1, 0.15) is 0 Å². The Bertz CT molecular complexity index is 324. The quantitative estimate of drug-likeness (QED) is 0.809. The van der Waals surface area contributed by atoms with Gasteiger partial charge in [0.05, 0.1) is 5.69 Å². The smallest absolute Gasteiger partial charge is 0.0573 e. The maximum atomic E-state index is 5.75. The Kier molecular flexibility index (Phi) is 3.34. The van der Waals surface area contributed by atoms with Crippen LogP contribution >= 0.6 is 0 Å². The highest BCUT2D eigenvalue weighted by atomic mass is 15.2. The van der Waals surface area contributed by atoms with Crippen LogP contribution in [0.3, 0.4) is 0 Å². The number of rotatable bonds is 3. The molecule has 1 aromatic rings. The molecule has 0 saturated carbocycles. The van der Waals surface area contributed by atoms with Crippen molar-refractivity contribution in [2.45, 2.75) is 32.4 Å². The number of hydrogen-bond acceptors (Lipinski definition) is 3. The normalized spacial score (nSPS) is 22.1. The van der Waals surface area contributed by atoms with E-state index in [0.717, 1.165) is 19.6 Å². The largest absolute Gasteiger partial charge is 0.329 e. The van der Waals surface area contributed by atoms with Crippen molar-refractivity contribution in [1.29, 1.82) is 0 Å². The van der Waals surface area contributed by atoms with E-state index in [0.29, 0.717) is 6.04 Å². The summed E-state index contributed by atoms with van der Waals surface area (Å²) in [5.74, 6) is 0. The van der Waals surface area contributed by atoms with Crippen LogP contribution in [0.4, 0.5) is 0 Å². The average molecular weight is 205 g/mol. The fourth-order valence-corrected chi connectivity index (χ4v) is 2.25. The minimum atomic E-state index is 0.561. The Balaban J connectivity index is 2.05. The fraction of sp³-hybridized carbons (Fsp3) is 0.583. The number of nitrogens with zero attached hydrogens (tertiary/aromatic N) is 2. The van der Waals surface area contributed by atoms with Crippen LogP contribution in [0.15, 0.2) is 18.3 Å². The molecule has 1 aromatic heterocycles. The minimum Gasteiger partial charge on any atom is -0.329 e. The number of aromatic nitrogens is 1. The Morgan fingerprint density at radius 1 is 1.60 bits per heavy atom. The first-order valence-electron chi connectivity index (χ1n) is 5.66. The molecule has 2 rings (SSSR count). The van der Waals surface area contributed by atoms with Crippen LogP contribution in [0.5, 0.6) is 0 Å². The van der Waals surface area contributed by atoms with Crippen molar-refractivity contribution in [1.82, 2.24) is 9.88 Å². The Hall–Kier alpha value is -0.930. The van der Waals surface area contributed by atoms with Gasteiger partial charge < -0.3 is 5.73 Å². The van der Waals surface area contributed by atoms with E-state index in [1.165, 1.54) is 24.1 Å². The van der Waals surface area contributed by atoms with Gasteiger partial charge in [-0.15, -0.1) is 0 Å². The summed E-state index contributed by atoms with van der Waals surface area (Å²) in [6.07, 6.45) is 4.38. The summed E-state index contributed by atoms with van der Waals surface area (Å²) in [5.41, 5.74) is 8.22. The van der Waals surface area contributed by atoms with Crippen LogP contribution in [-0.2, 0) is 6.54 Å². The summed E-state index contributed by atoms with van der Waals surface area (Å²) in [7, 11) is 0. The molecule has 2 heterocycles. The van der Waals surface area contributed by atoms with Crippen molar-refractivity contribution in [2.75, 3.05) is 13.1 Å². The van der Waals surface area contributed by atoms with Crippen LogP contribution in [0.25, 0.3) is 0 Å². The average Bonchev–Trinajstić information content (AvgIpc) is 2.69. The minimum absolute atomic E-state index is 0.561. The third-order valence-corrected chi connectivity index (χ3v) is 3.24. The molecule has 1 aliphatic heterocycles. The molecule has 1 atom stereocenters. The van der Waals surface area contributed by atoms with E-state index in [4.69, 9.17) is 5.73 Å². The van der Waals surface area contributed by atoms with Crippen molar-refractivity contribution in [2.24, 2.45) is 5.73 Å². The molecule has 1 aliphatic rings. The van der Waals surface area contributed by atoms with Crippen LogP contribution in [-0.4, -0.2) is 29.0 Å². The van der Waals surface area contributed by atoms with Crippen LogP contribution in [0.1, 0.15) is 24.1 Å². The van der Waals surface area contributed by atoms with Gasteiger partial charge in [0.25, 0.3) is 0 Å². The zero-order valence-electron chi connectivity index (χ0n) is 9.32. The van der Waals surface area contributed by atoms with E-state index in [-0.39, 0.29) is 0 Å². The molecule has 1 fully saturated rings. The molecule has 0 amide bonds. The molecular weight excluding hydrogens is 186 g/mol. The van der Waals surface area contributed by atoms with Gasteiger partial charge in [-0.05, 0) is 37.9 Å². The molecule has 2 N–H and O–H groups in total. The molecule has 1 unspecified atom stereocenters. The second-order valence-corrected chi connectivity index (χ2v) is 4.27. The second-order valence-electron chi connectivity index (χ2n) is 4.27. The van der Waals surface area contributed by atoms with Gasteiger partial charge in [-0.2, -0.15) is 0 Å². The number of nitrogens with two attached hydrogens (primary N) is 1. The van der Waals surface area contributed by atoms with Gasteiger partial charge in [-0.25, -0.2) is 0 Å². The van der Waals surface area contributed by atoms with Gasteiger partial charge in [-0.3, -0.25) is 9.88 Å². The second kappa shape index (κ2) is 4.73. The maximum Gasteiger partial charge on any atom is 0.0573 e. The van der Waals surface area contributed by atoms with E-state index < -0.39 is 0 Å². The summed E-state index contributed by atoms with van der Waals surface area (Å²) >= 11 is 0. The molecule has 82 valence electrons. The van der Waals surface area contributed by atoms with E-state index in [1.807, 2.05) is 12.3 Å². The van der Waals surface area contributed by atoms with Crippen molar-refractivity contribution >= 4 is 0 Å². The summed E-state index contributed by atoms with van der Waals surface area (Å²) in [6.45, 7) is 5.01. The van der Waals surface area contributed by atoms with Gasteiger partial charge >= 0.3 is 0 Å². The monoisotopic (exact) mass is 205 g/mol. The van der Waals surface area contributed by atoms with Crippen molar-refractivity contribution < 1.29 is 0 Å². The molecule has 0 spiro atoms. The van der Waals surface area contributed by atoms with Crippen LogP contribution < -0.4 is 5.73 Å².